The molecule has 10 aromatic carbocycles. The Morgan fingerprint density at radius 2 is 1.05 bits per heavy atom. The Labute approximate surface area is 432 Å². The fourth-order valence-corrected chi connectivity index (χ4v) is 11.6. The van der Waals surface area contributed by atoms with Crippen molar-refractivity contribution in [2.24, 2.45) is 0 Å². The number of aromatic nitrogens is 5. The monoisotopic (exact) mass is 1110 g/mol. The smallest absolute Gasteiger partial charge is 0.148 e. The fraction of sp³-hybridized carbons (Fsp3) is 0. The second-order valence-corrected chi connectivity index (χ2v) is 18.5. The third-order valence-corrected chi connectivity index (χ3v) is 14.7. The first kappa shape index (κ1) is 42.8. The summed E-state index contributed by atoms with van der Waals surface area (Å²) in [6, 6.07) is 85.4. The zero-order chi connectivity index (χ0) is 47.4. The number of benzene rings is 10. The van der Waals surface area contributed by atoms with E-state index in [1.807, 2.05) is 42.6 Å². The summed E-state index contributed by atoms with van der Waals surface area (Å²) in [7, 11) is 0. The van der Waals surface area contributed by atoms with E-state index in [2.05, 4.69) is 207 Å². The number of imidazole rings is 1. The topological polar surface area (TPSA) is 59.8 Å². The van der Waals surface area contributed by atoms with E-state index in [0.717, 1.165) is 115 Å². The number of hydrogen-bond acceptors (Lipinski definition) is 3. The quantitative estimate of drug-likeness (QED) is 0.179. The summed E-state index contributed by atoms with van der Waals surface area (Å²) >= 11 is 0. The number of phenolic OH excluding ortho intramolecular Hbond substituents is 1. The molecule has 0 spiro atoms. The van der Waals surface area contributed by atoms with Gasteiger partial charge in [0.2, 0.25) is 0 Å². The molecule has 1 N–H and O–H groups in total. The average molecular weight is 1110 g/mol. The molecule has 16 rings (SSSR count). The first-order chi connectivity index (χ1) is 35.7. The molecule has 0 radical (unpaired) electrons. The van der Waals surface area contributed by atoms with Crippen LogP contribution in [0.3, 0.4) is 0 Å². The molecular formula is C66H40N5OPt-. The van der Waals surface area contributed by atoms with Crippen molar-refractivity contribution in [3.63, 3.8) is 0 Å². The van der Waals surface area contributed by atoms with Crippen molar-refractivity contribution >= 4 is 98.0 Å². The molecule has 346 valence electrons. The standard InChI is InChI=1S/C66H40N5O.Pt/c72-62-34-13-9-25-52(62)66-68-64-53-39-43(40-61(64)71(66)56-29-10-6-20-44(56)41-18-2-1-3-19-41)69-57-30-11-7-23-48(57)50-27-17-33-60(65(50)69)70-58-31-12-8-24-51(58)63-49(26-16-32-59(63)70)46-22-5-4-21-45(46)47-36-35-42(53)38-54(47)55-28-14-15-37-67-55;/h1-37,39-40,72H;/q-1;. The molecule has 73 heavy (non-hydrogen) atoms. The molecule has 0 aliphatic heterocycles. The molecule has 6 aromatic heterocycles. The van der Waals surface area contributed by atoms with Crippen molar-refractivity contribution in [1.29, 1.82) is 0 Å². The minimum absolute atomic E-state index is 0. The van der Waals surface area contributed by atoms with Gasteiger partial charge in [0.15, 0.2) is 0 Å². The number of pyridine rings is 1. The van der Waals surface area contributed by atoms with Crippen LogP contribution in [-0.2, 0) is 21.1 Å². The predicted molar refractivity (Wildman–Crippen MR) is 298 cm³/mol. The van der Waals surface area contributed by atoms with Gasteiger partial charge in [-0.2, -0.15) is 0 Å². The van der Waals surface area contributed by atoms with Crippen molar-refractivity contribution in [1.82, 2.24) is 23.3 Å². The number of rotatable bonds is 4. The second kappa shape index (κ2) is 16.8. The van der Waals surface area contributed by atoms with E-state index in [1.165, 1.54) is 10.8 Å². The number of hydrogen-bond donors (Lipinski definition) is 1. The SMILES string of the molecule is Oc1ccccc1-c1nc2c3cc(cc2n1-c1ccccc1-c1ccccc1)n1c2ccccc2c2cccc(c21)n1c2ccccc2c2c(cccc21)c1ccccc1c1ccc3[c-]c1-c1ccccn1.[Pt]. The Hall–Kier alpha value is -9.09. The zero-order valence-corrected chi connectivity index (χ0v) is 41.3. The van der Waals surface area contributed by atoms with Gasteiger partial charge in [0.05, 0.1) is 49.9 Å². The fourth-order valence-electron chi connectivity index (χ4n) is 11.6. The Bertz CT molecular complexity index is 4820. The summed E-state index contributed by atoms with van der Waals surface area (Å²) in [5.41, 5.74) is 13.4. The molecule has 0 atom stereocenters. The molecule has 6 heterocycles. The van der Waals surface area contributed by atoms with Crippen LogP contribution in [0.2, 0.25) is 0 Å². The van der Waals surface area contributed by atoms with E-state index < -0.39 is 0 Å². The van der Waals surface area contributed by atoms with E-state index in [4.69, 9.17) is 9.97 Å². The molecule has 0 saturated heterocycles. The molecule has 16 aromatic rings. The Morgan fingerprint density at radius 1 is 0.425 bits per heavy atom. The van der Waals surface area contributed by atoms with E-state index in [0.29, 0.717) is 11.4 Å². The summed E-state index contributed by atoms with van der Waals surface area (Å²) in [5, 5.41) is 22.6. The van der Waals surface area contributed by atoms with E-state index in [-0.39, 0.29) is 26.8 Å². The molecule has 0 fully saturated rings. The van der Waals surface area contributed by atoms with Crippen LogP contribution in [-0.4, -0.2) is 28.4 Å². The maximum absolute atomic E-state index is 11.8. The number of nitrogens with zero attached hydrogens (tertiary/aromatic N) is 5. The van der Waals surface area contributed by atoms with Crippen LogP contribution in [0.5, 0.6) is 5.75 Å². The molecule has 0 aliphatic rings. The van der Waals surface area contributed by atoms with Gasteiger partial charge < -0.3 is 13.9 Å². The van der Waals surface area contributed by atoms with Crippen LogP contribution in [0.1, 0.15) is 0 Å². The Morgan fingerprint density at radius 3 is 1.85 bits per heavy atom. The van der Waals surface area contributed by atoms with E-state index in [9.17, 15) is 5.11 Å². The first-order valence-corrected chi connectivity index (χ1v) is 24.3. The van der Waals surface area contributed by atoms with Crippen LogP contribution < -0.4 is 0 Å². The largest absolute Gasteiger partial charge is 0.507 e. The molecule has 0 amide bonds. The minimum atomic E-state index is 0. The maximum Gasteiger partial charge on any atom is 0.148 e. The van der Waals surface area contributed by atoms with Gasteiger partial charge in [-0.1, -0.05) is 180 Å². The molecule has 0 unspecified atom stereocenters. The molecule has 6 nitrogen and oxygen atoms in total. The Kier molecular flexibility index (Phi) is 9.82. The van der Waals surface area contributed by atoms with Gasteiger partial charge in [0, 0.05) is 65.6 Å². The first-order valence-electron chi connectivity index (χ1n) is 24.3. The van der Waals surface area contributed by atoms with Gasteiger partial charge in [0.1, 0.15) is 11.6 Å². The number of aromatic hydroxyl groups is 1. The zero-order valence-electron chi connectivity index (χ0n) is 39.0. The number of phenols is 1. The number of fused-ring (bicyclic) bond motifs is 6. The van der Waals surface area contributed by atoms with Gasteiger partial charge in [0.25, 0.3) is 0 Å². The third-order valence-electron chi connectivity index (χ3n) is 14.7. The summed E-state index contributed by atoms with van der Waals surface area (Å²) in [6.45, 7) is 0. The van der Waals surface area contributed by atoms with Crippen LogP contribution in [0.4, 0.5) is 0 Å². The predicted octanol–water partition coefficient (Wildman–Crippen LogP) is 16.6. The summed E-state index contributed by atoms with van der Waals surface area (Å²) in [4.78, 5) is 10.7. The van der Waals surface area contributed by atoms with Gasteiger partial charge in [-0.25, -0.2) is 4.98 Å². The minimum Gasteiger partial charge on any atom is -0.507 e. The maximum atomic E-state index is 11.8. The van der Waals surface area contributed by atoms with Crippen molar-refractivity contribution in [2.45, 2.75) is 0 Å². The van der Waals surface area contributed by atoms with E-state index >= 15 is 0 Å². The van der Waals surface area contributed by atoms with Crippen LogP contribution in [0, 0.1) is 6.07 Å². The summed E-state index contributed by atoms with van der Waals surface area (Å²) in [6.07, 6.45) is 1.86. The van der Waals surface area contributed by atoms with Gasteiger partial charge >= 0.3 is 0 Å². The van der Waals surface area contributed by atoms with Crippen LogP contribution in [0.25, 0.3) is 137 Å². The molecular weight excluding hydrogens is 1070 g/mol. The molecule has 0 aliphatic carbocycles. The Balaban J connectivity index is 0.00000493. The van der Waals surface area contributed by atoms with Crippen molar-refractivity contribution in [3.8, 4) is 45.2 Å². The van der Waals surface area contributed by atoms with E-state index in [1.54, 1.807) is 6.07 Å². The molecule has 8 bridgehead atoms. The summed E-state index contributed by atoms with van der Waals surface area (Å²) in [5.74, 6) is 0.765. The molecule has 7 heteroatoms. The van der Waals surface area contributed by atoms with Crippen LogP contribution in [0.15, 0.2) is 237 Å². The van der Waals surface area contributed by atoms with Crippen molar-refractivity contribution < 1.29 is 26.2 Å². The van der Waals surface area contributed by atoms with Crippen molar-refractivity contribution in [3.05, 3.63) is 243 Å². The normalized spacial score (nSPS) is 11.8. The summed E-state index contributed by atoms with van der Waals surface area (Å²) < 4.78 is 7.16. The second-order valence-electron chi connectivity index (χ2n) is 18.5. The third kappa shape index (κ3) is 6.40. The van der Waals surface area contributed by atoms with Gasteiger partial charge in [-0.3, -0.25) is 9.55 Å². The average Bonchev–Trinajstić information content (AvgIpc) is 4.11. The van der Waals surface area contributed by atoms with Gasteiger partial charge in [-0.05, 0) is 76.3 Å². The van der Waals surface area contributed by atoms with Gasteiger partial charge in [-0.15, -0.1) is 23.6 Å². The van der Waals surface area contributed by atoms with Crippen molar-refractivity contribution in [2.75, 3.05) is 0 Å². The van der Waals surface area contributed by atoms with Crippen LogP contribution >= 0.6 is 0 Å². The number of para-hydroxylation sites is 5. The molecule has 0 saturated carbocycles.